The second kappa shape index (κ2) is 9.56. The molecule has 0 N–H and O–H groups in total. The first-order chi connectivity index (χ1) is 15.9. The largest absolute Gasteiger partial charge is 0.573 e. The van der Waals surface area contributed by atoms with Crippen LogP contribution in [0.3, 0.4) is 0 Å². The molecule has 1 aromatic carbocycles. The number of halogens is 3. The van der Waals surface area contributed by atoms with E-state index in [4.69, 9.17) is 0 Å². The topological polar surface area (TPSA) is 71.5 Å². The number of ether oxygens (including phenoxy) is 1. The number of anilines is 1. The lowest BCUT2D eigenvalue weighted by Gasteiger charge is -2.35. The summed E-state index contributed by atoms with van der Waals surface area (Å²) < 4.78 is 42.6. The van der Waals surface area contributed by atoms with Crippen molar-refractivity contribution in [3.05, 3.63) is 78.0 Å². The Morgan fingerprint density at radius 2 is 1.79 bits per heavy atom. The summed E-state index contributed by atoms with van der Waals surface area (Å²) in [7, 11) is 0. The van der Waals surface area contributed by atoms with E-state index in [-0.39, 0.29) is 17.0 Å². The smallest absolute Gasteiger partial charge is 0.404 e. The summed E-state index contributed by atoms with van der Waals surface area (Å²) in [5, 5.41) is 0. The Balaban J connectivity index is 1.54. The van der Waals surface area contributed by atoms with Crippen LogP contribution in [-0.4, -0.2) is 58.3 Å². The highest BCUT2D eigenvalue weighted by molar-refractivity contribution is 5.95. The SMILES string of the molecule is O=C(c1ccc(OC(F)(F)F)c(C#Cc2ccccn2)c1)N1CCN(c2cnccn2)CC1. The quantitative estimate of drug-likeness (QED) is 0.568. The second-order valence-electron chi connectivity index (χ2n) is 7.07. The number of alkyl halides is 3. The molecule has 0 atom stereocenters. The zero-order chi connectivity index (χ0) is 23.3. The van der Waals surface area contributed by atoms with E-state index in [0.29, 0.717) is 31.9 Å². The van der Waals surface area contributed by atoms with Gasteiger partial charge in [0.15, 0.2) is 0 Å². The minimum absolute atomic E-state index is 0.0537. The van der Waals surface area contributed by atoms with E-state index in [9.17, 15) is 18.0 Å². The van der Waals surface area contributed by atoms with Crippen molar-refractivity contribution in [2.75, 3.05) is 31.1 Å². The molecule has 3 heterocycles. The number of hydrogen-bond donors (Lipinski definition) is 0. The van der Waals surface area contributed by atoms with Crippen molar-refractivity contribution in [2.45, 2.75) is 6.36 Å². The third-order valence-corrected chi connectivity index (χ3v) is 4.88. The summed E-state index contributed by atoms with van der Waals surface area (Å²) in [4.78, 5) is 29.0. The van der Waals surface area contributed by atoms with Gasteiger partial charge >= 0.3 is 6.36 Å². The number of pyridine rings is 1. The van der Waals surface area contributed by atoms with Gasteiger partial charge in [0.05, 0.1) is 11.8 Å². The number of benzene rings is 1. The van der Waals surface area contributed by atoms with Crippen molar-refractivity contribution in [1.82, 2.24) is 19.9 Å². The van der Waals surface area contributed by atoms with Crippen molar-refractivity contribution < 1.29 is 22.7 Å². The molecular weight excluding hydrogens is 435 g/mol. The fourth-order valence-corrected chi connectivity index (χ4v) is 3.32. The van der Waals surface area contributed by atoms with E-state index < -0.39 is 12.1 Å². The van der Waals surface area contributed by atoms with Gasteiger partial charge in [0.25, 0.3) is 5.91 Å². The zero-order valence-corrected chi connectivity index (χ0v) is 17.3. The Kier molecular flexibility index (Phi) is 6.40. The average molecular weight is 453 g/mol. The van der Waals surface area contributed by atoms with E-state index in [1.54, 1.807) is 41.7 Å². The molecule has 3 aromatic rings. The summed E-state index contributed by atoms with van der Waals surface area (Å²) in [5.74, 6) is 5.30. The summed E-state index contributed by atoms with van der Waals surface area (Å²) in [6.45, 7) is 1.99. The number of nitrogens with zero attached hydrogens (tertiary/aromatic N) is 5. The van der Waals surface area contributed by atoms with Crippen LogP contribution in [-0.2, 0) is 0 Å². The number of carbonyl (C=O) groups is 1. The van der Waals surface area contributed by atoms with Gasteiger partial charge in [-0.25, -0.2) is 9.97 Å². The highest BCUT2D eigenvalue weighted by Crippen LogP contribution is 2.27. The molecule has 0 spiro atoms. The number of carbonyl (C=O) groups excluding carboxylic acids is 1. The van der Waals surface area contributed by atoms with E-state index >= 15 is 0 Å². The van der Waals surface area contributed by atoms with Crippen LogP contribution in [0.5, 0.6) is 5.75 Å². The highest BCUT2D eigenvalue weighted by atomic mass is 19.4. The van der Waals surface area contributed by atoms with Crippen LogP contribution in [0.25, 0.3) is 0 Å². The molecule has 1 fully saturated rings. The lowest BCUT2D eigenvalue weighted by Crippen LogP contribution is -2.49. The molecule has 2 aromatic heterocycles. The van der Waals surface area contributed by atoms with E-state index in [2.05, 4.69) is 31.5 Å². The monoisotopic (exact) mass is 453 g/mol. The zero-order valence-electron chi connectivity index (χ0n) is 17.3. The Bertz CT molecular complexity index is 1170. The normalized spacial score (nSPS) is 13.8. The van der Waals surface area contributed by atoms with Crippen molar-refractivity contribution in [3.63, 3.8) is 0 Å². The Hall–Kier alpha value is -4.13. The first kappa shape index (κ1) is 22.1. The summed E-state index contributed by atoms with van der Waals surface area (Å²) in [5.41, 5.74) is 0.553. The molecule has 168 valence electrons. The molecule has 1 saturated heterocycles. The molecule has 7 nitrogen and oxygen atoms in total. The Morgan fingerprint density at radius 1 is 0.970 bits per heavy atom. The van der Waals surface area contributed by atoms with Crippen LogP contribution in [0.4, 0.5) is 19.0 Å². The third-order valence-electron chi connectivity index (χ3n) is 4.88. The fourth-order valence-electron chi connectivity index (χ4n) is 3.32. The van der Waals surface area contributed by atoms with Gasteiger partial charge in [-0.05, 0) is 36.3 Å². The van der Waals surface area contributed by atoms with Crippen LogP contribution in [0.1, 0.15) is 21.6 Å². The molecule has 0 unspecified atom stereocenters. The van der Waals surface area contributed by atoms with E-state index in [0.717, 1.165) is 11.9 Å². The van der Waals surface area contributed by atoms with Gasteiger partial charge in [-0.1, -0.05) is 12.0 Å². The second-order valence-corrected chi connectivity index (χ2v) is 7.07. The molecule has 0 aliphatic carbocycles. The summed E-state index contributed by atoms with van der Waals surface area (Å²) in [6, 6.07) is 8.78. The summed E-state index contributed by atoms with van der Waals surface area (Å²) in [6.07, 6.45) is 1.49. The first-order valence-electron chi connectivity index (χ1n) is 10.0. The predicted molar refractivity (Wildman–Crippen MR) is 113 cm³/mol. The number of amides is 1. The molecule has 33 heavy (non-hydrogen) atoms. The molecular formula is C23H18F3N5O2. The maximum Gasteiger partial charge on any atom is 0.573 e. The maximum atomic E-state index is 13.0. The standard InChI is InChI=1S/C23H18F3N5O2/c24-23(25,26)33-20-7-5-18(15-17(20)4-6-19-3-1-2-8-28-19)22(32)31-13-11-30(12-14-31)21-16-27-9-10-29-21/h1-3,5,7-10,15-16H,11-14H2. The maximum absolute atomic E-state index is 13.0. The molecule has 1 aliphatic rings. The molecule has 0 bridgehead atoms. The van der Waals surface area contributed by atoms with Gasteiger partial charge in [0, 0.05) is 50.3 Å². The van der Waals surface area contributed by atoms with E-state index in [1.807, 2.05) is 4.90 Å². The van der Waals surface area contributed by atoms with Gasteiger partial charge in [-0.15, -0.1) is 13.2 Å². The minimum atomic E-state index is -4.89. The number of rotatable bonds is 3. The van der Waals surface area contributed by atoms with Gasteiger partial charge in [-0.2, -0.15) is 0 Å². The van der Waals surface area contributed by atoms with E-state index in [1.165, 1.54) is 18.3 Å². The van der Waals surface area contributed by atoms with Crippen molar-refractivity contribution >= 4 is 11.7 Å². The van der Waals surface area contributed by atoms with Crippen LogP contribution in [0.2, 0.25) is 0 Å². The third kappa shape index (κ3) is 5.77. The van der Waals surface area contributed by atoms with Gasteiger partial charge in [0.2, 0.25) is 0 Å². The molecule has 0 saturated carbocycles. The van der Waals surface area contributed by atoms with Crippen molar-refractivity contribution in [2.24, 2.45) is 0 Å². The van der Waals surface area contributed by atoms with Crippen LogP contribution < -0.4 is 9.64 Å². The average Bonchev–Trinajstić information content (AvgIpc) is 2.83. The van der Waals surface area contributed by atoms with Gasteiger partial charge in [0.1, 0.15) is 17.3 Å². The Labute approximate surface area is 187 Å². The van der Waals surface area contributed by atoms with Crippen molar-refractivity contribution in [1.29, 1.82) is 0 Å². The fraction of sp³-hybridized carbons (Fsp3) is 0.217. The van der Waals surface area contributed by atoms with Crippen LogP contribution >= 0.6 is 0 Å². The Morgan fingerprint density at radius 3 is 2.45 bits per heavy atom. The lowest BCUT2D eigenvalue weighted by molar-refractivity contribution is -0.274. The molecule has 10 heteroatoms. The summed E-state index contributed by atoms with van der Waals surface area (Å²) >= 11 is 0. The minimum Gasteiger partial charge on any atom is -0.404 e. The highest BCUT2D eigenvalue weighted by Gasteiger charge is 2.32. The molecule has 0 radical (unpaired) electrons. The molecule has 1 aliphatic heterocycles. The van der Waals surface area contributed by atoms with Gasteiger partial charge in [-0.3, -0.25) is 9.78 Å². The number of hydrogen-bond acceptors (Lipinski definition) is 6. The van der Waals surface area contributed by atoms with Crippen molar-refractivity contribution in [3.8, 4) is 17.6 Å². The van der Waals surface area contributed by atoms with Crippen LogP contribution in [0.15, 0.2) is 61.2 Å². The number of piperazine rings is 1. The molecule has 4 rings (SSSR count). The first-order valence-corrected chi connectivity index (χ1v) is 10.0. The van der Waals surface area contributed by atoms with Crippen LogP contribution in [0, 0.1) is 11.8 Å². The number of aromatic nitrogens is 3. The molecule has 1 amide bonds. The predicted octanol–water partition coefficient (Wildman–Crippen LogP) is 3.13. The lowest BCUT2D eigenvalue weighted by atomic mass is 10.1. The van der Waals surface area contributed by atoms with Gasteiger partial charge < -0.3 is 14.5 Å².